The third-order valence-electron chi connectivity index (χ3n) is 3.82. The van der Waals surface area contributed by atoms with Gasteiger partial charge in [-0.05, 0) is 26.0 Å². The molecule has 1 atom stereocenters. The molecule has 0 N–H and O–H groups in total. The normalized spacial score (nSPS) is 11.7. The summed E-state index contributed by atoms with van der Waals surface area (Å²) >= 11 is 5.82. The molecule has 2 aromatic rings. The summed E-state index contributed by atoms with van der Waals surface area (Å²) in [6, 6.07) is 5.14. The van der Waals surface area contributed by atoms with Gasteiger partial charge in [-0.3, -0.25) is 9.78 Å². The standard InChI is InChI=1S/C18H23ClN4O2/c1-5-23(13(2)12-25-17-7-6-14(19)10-21-17)18(24)15-11-20-9-8-16(15)22(3)4/h6-11,13H,5,12H2,1-4H3. The number of carbonyl (C=O) groups excluding carboxylic acids is 1. The number of anilines is 1. The maximum atomic E-state index is 13.0. The lowest BCUT2D eigenvalue weighted by Gasteiger charge is -2.29. The smallest absolute Gasteiger partial charge is 0.257 e. The molecule has 7 heteroatoms. The average molecular weight is 363 g/mol. The molecule has 0 aliphatic rings. The topological polar surface area (TPSA) is 58.6 Å². The fraction of sp³-hybridized carbons (Fsp3) is 0.389. The number of hydrogen-bond acceptors (Lipinski definition) is 5. The molecule has 2 aromatic heterocycles. The lowest BCUT2D eigenvalue weighted by atomic mass is 10.1. The molecular weight excluding hydrogens is 340 g/mol. The average Bonchev–Trinajstić information content (AvgIpc) is 2.61. The Balaban J connectivity index is 2.10. The van der Waals surface area contributed by atoms with E-state index in [1.54, 1.807) is 29.4 Å². The van der Waals surface area contributed by atoms with Crippen LogP contribution in [0.3, 0.4) is 0 Å². The van der Waals surface area contributed by atoms with Gasteiger partial charge in [0.15, 0.2) is 0 Å². The zero-order valence-electron chi connectivity index (χ0n) is 14.9. The van der Waals surface area contributed by atoms with Crippen LogP contribution >= 0.6 is 11.6 Å². The molecule has 0 radical (unpaired) electrons. The van der Waals surface area contributed by atoms with Crippen LogP contribution in [0.1, 0.15) is 24.2 Å². The van der Waals surface area contributed by atoms with Gasteiger partial charge in [-0.15, -0.1) is 0 Å². The Hall–Kier alpha value is -2.34. The van der Waals surface area contributed by atoms with E-state index in [9.17, 15) is 4.79 Å². The van der Waals surface area contributed by atoms with Gasteiger partial charge in [0.25, 0.3) is 5.91 Å². The fourth-order valence-corrected chi connectivity index (χ4v) is 2.61. The number of amides is 1. The Morgan fingerprint density at radius 1 is 1.28 bits per heavy atom. The summed E-state index contributed by atoms with van der Waals surface area (Å²) in [5.41, 5.74) is 1.41. The first kappa shape index (κ1) is 19.0. The van der Waals surface area contributed by atoms with Crippen LogP contribution in [0.4, 0.5) is 5.69 Å². The minimum atomic E-state index is -0.120. The molecule has 0 aliphatic heterocycles. The Labute approximate surface area is 153 Å². The molecule has 0 fully saturated rings. The van der Waals surface area contributed by atoms with Crippen molar-refractivity contribution in [3.8, 4) is 5.88 Å². The van der Waals surface area contributed by atoms with Crippen LogP contribution in [0, 0.1) is 0 Å². The van der Waals surface area contributed by atoms with Gasteiger partial charge in [0.2, 0.25) is 5.88 Å². The minimum Gasteiger partial charge on any atom is -0.475 e. The molecular formula is C18H23ClN4O2. The lowest BCUT2D eigenvalue weighted by Crippen LogP contribution is -2.42. The number of halogens is 1. The Bertz CT molecular complexity index is 706. The maximum absolute atomic E-state index is 13.0. The van der Waals surface area contributed by atoms with Crippen molar-refractivity contribution in [2.24, 2.45) is 0 Å². The number of hydrogen-bond donors (Lipinski definition) is 0. The number of pyridine rings is 2. The number of ether oxygens (including phenoxy) is 1. The van der Waals surface area contributed by atoms with Crippen molar-refractivity contribution < 1.29 is 9.53 Å². The third-order valence-corrected chi connectivity index (χ3v) is 4.04. The van der Waals surface area contributed by atoms with E-state index in [0.29, 0.717) is 29.6 Å². The maximum Gasteiger partial charge on any atom is 0.257 e. The van der Waals surface area contributed by atoms with Crippen LogP contribution < -0.4 is 9.64 Å². The number of likely N-dealkylation sites (N-methyl/N-ethyl adjacent to an activating group) is 1. The van der Waals surface area contributed by atoms with Crippen LogP contribution in [0.25, 0.3) is 0 Å². The van der Waals surface area contributed by atoms with Crippen LogP contribution in [0.2, 0.25) is 5.02 Å². The molecule has 25 heavy (non-hydrogen) atoms. The van der Waals surface area contributed by atoms with Crippen LogP contribution in [0.15, 0.2) is 36.8 Å². The summed E-state index contributed by atoms with van der Waals surface area (Å²) in [5, 5.41) is 0.554. The Morgan fingerprint density at radius 3 is 2.64 bits per heavy atom. The van der Waals surface area contributed by atoms with Crippen LogP contribution in [0.5, 0.6) is 5.88 Å². The van der Waals surface area contributed by atoms with E-state index in [1.807, 2.05) is 38.9 Å². The van der Waals surface area contributed by atoms with Crippen LogP contribution in [-0.4, -0.2) is 54.1 Å². The second-order valence-electron chi connectivity index (χ2n) is 5.85. The highest BCUT2D eigenvalue weighted by Gasteiger charge is 2.23. The summed E-state index contributed by atoms with van der Waals surface area (Å²) in [6.07, 6.45) is 4.82. The molecule has 0 aliphatic carbocycles. The van der Waals surface area contributed by atoms with E-state index >= 15 is 0 Å². The predicted octanol–water partition coefficient (Wildman–Crippen LogP) is 3.13. The second-order valence-corrected chi connectivity index (χ2v) is 6.29. The van der Waals surface area contributed by atoms with E-state index in [2.05, 4.69) is 9.97 Å². The van der Waals surface area contributed by atoms with Gasteiger partial charge in [-0.25, -0.2) is 4.98 Å². The van der Waals surface area contributed by atoms with Crippen molar-refractivity contribution >= 4 is 23.2 Å². The highest BCUT2D eigenvalue weighted by Crippen LogP contribution is 2.20. The first-order valence-corrected chi connectivity index (χ1v) is 8.48. The number of nitrogens with zero attached hydrogens (tertiary/aromatic N) is 4. The minimum absolute atomic E-state index is 0.0699. The van der Waals surface area contributed by atoms with Crippen molar-refractivity contribution in [1.29, 1.82) is 0 Å². The van der Waals surface area contributed by atoms with Crippen molar-refractivity contribution in [3.05, 3.63) is 47.4 Å². The van der Waals surface area contributed by atoms with Crippen LogP contribution in [-0.2, 0) is 0 Å². The predicted molar refractivity (Wildman–Crippen MR) is 99.5 cm³/mol. The molecule has 0 bridgehead atoms. The van der Waals surface area contributed by atoms with Gasteiger partial charge in [-0.2, -0.15) is 0 Å². The molecule has 0 saturated carbocycles. The highest BCUT2D eigenvalue weighted by atomic mass is 35.5. The molecule has 134 valence electrons. The molecule has 0 aromatic carbocycles. The van der Waals surface area contributed by atoms with E-state index in [0.717, 1.165) is 5.69 Å². The first-order valence-electron chi connectivity index (χ1n) is 8.10. The third kappa shape index (κ3) is 4.82. The molecule has 0 saturated heterocycles. The van der Waals surface area contributed by atoms with Gasteiger partial charge in [0.1, 0.15) is 6.61 Å². The summed E-state index contributed by atoms with van der Waals surface area (Å²) in [7, 11) is 3.81. The Morgan fingerprint density at radius 2 is 2.04 bits per heavy atom. The van der Waals surface area contributed by atoms with Gasteiger partial charge in [0, 0.05) is 45.3 Å². The largest absolute Gasteiger partial charge is 0.475 e. The van der Waals surface area contributed by atoms with Gasteiger partial charge in [0.05, 0.1) is 22.3 Å². The van der Waals surface area contributed by atoms with Crippen molar-refractivity contribution in [3.63, 3.8) is 0 Å². The fourth-order valence-electron chi connectivity index (χ4n) is 2.50. The van der Waals surface area contributed by atoms with E-state index in [1.165, 1.54) is 6.20 Å². The quantitative estimate of drug-likeness (QED) is 0.757. The van der Waals surface area contributed by atoms with Gasteiger partial charge in [-0.1, -0.05) is 11.6 Å². The van der Waals surface area contributed by atoms with Crippen molar-refractivity contribution in [2.45, 2.75) is 19.9 Å². The summed E-state index contributed by atoms with van der Waals surface area (Å²) in [4.78, 5) is 24.8. The second kappa shape index (κ2) is 8.67. The van der Waals surface area contributed by atoms with E-state index in [4.69, 9.17) is 16.3 Å². The Kier molecular flexibility index (Phi) is 6.58. The lowest BCUT2D eigenvalue weighted by molar-refractivity contribution is 0.0646. The molecule has 1 amide bonds. The molecule has 6 nitrogen and oxygen atoms in total. The number of aromatic nitrogens is 2. The monoisotopic (exact) mass is 362 g/mol. The first-order chi connectivity index (χ1) is 11.9. The number of carbonyl (C=O) groups is 1. The summed E-state index contributed by atoms with van der Waals surface area (Å²) in [5.74, 6) is 0.412. The molecule has 2 heterocycles. The number of rotatable bonds is 7. The van der Waals surface area contributed by atoms with Gasteiger partial charge < -0.3 is 14.5 Å². The SMILES string of the molecule is CCN(C(=O)c1cnccc1N(C)C)C(C)COc1ccc(Cl)cn1. The van der Waals surface area contributed by atoms with Crippen molar-refractivity contribution in [1.82, 2.24) is 14.9 Å². The molecule has 2 rings (SSSR count). The van der Waals surface area contributed by atoms with Gasteiger partial charge >= 0.3 is 0 Å². The zero-order valence-corrected chi connectivity index (χ0v) is 15.7. The van der Waals surface area contributed by atoms with Crippen molar-refractivity contribution in [2.75, 3.05) is 32.1 Å². The van der Waals surface area contributed by atoms with E-state index in [-0.39, 0.29) is 11.9 Å². The summed E-state index contributed by atoms with van der Waals surface area (Å²) < 4.78 is 5.68. The molecule has 0 spiro atoms. The molecule has 1 unspecified atom stereocenters. The van der Waals surface area contributed by atoms with E-state index < -0.39 is 0 Å². The zero-order chi connectivity index (χ0) is 18.4. The highest BCUT2D eigenvalue weighted by molar-refractivity contribution is 6.30. The summed E-state index contributed by atoms with van der Waals surface area (Å²) in [6.45, 7) is 4.80.